The van der Waals surface area contributed by atoms with Crippen molar-refractivity contribution in [2.75, 3.05) is 13.7 Å². The first kappa shape index (κ1) is 15.2. The van der Waals surface area contributed by atoms with Gasteiger partial charge >= 0.3 is 5.97 Å². The molecule has 0 aliphatic rings. The third-order valence-corrected chi connectivity index (χ3v) is 3.73. The summed E-state index contributed by atoms with van der Waals surface area (Å²) in [4.78, 5) is 10.9. The van der Waals surface area contributed by atoms with Gasteiger partial charge in [-0.05, 0) is 19.1 Å². The van der Waals surface area contributed by atoms with E-state index in [-0.39, 0.29) is 17.9 Å². The fourth-order valence-electron chi connectivity index (χ4n) is 1.23. The zero-order valence-corrected chi connectivity index (χ0v) is 11.6. The number of benzene rings is 1. The molecule has 5 nitrogen and oxygen atoms in total. The molecule has 19 heavy (non-hydrogen) atoms. The smallest absolute Gasteiger partial charge is 0.384 e. The van der Waals surface area contributed by atoms with Crippen molar-refractivity contribution >= 4 is 16.0 Å². The second-order valence-corrected chi connectivity index (χ2v) is 5.52. The molecule has 0 amide bonds. The monoisotopic (exact) mass is 281 g/mol. The van der Waals surface area contributed by atoms with E-state index in [0.717, 1.165) is 5.56 Å². The molecule has 1 N–H and O–H groups in total. The van der Waals surface area contributed by atoms with E-state index in [0.29, 0.717) is 0 Å². The molecule has 0 aromatic heterocycles. The van der Waals surface area contributed by atoms with Crippen LogP contribution >= 0.6 is 0 Å². The number of sulfonamides is 1. The molecule has 0 spiro atoms. The van der Waals surface area contributed by atoms with Crippen molar-refractivity contribution in [1.29, 1.82) is 0 Å². The lowest BCUT2D eigenvalue weighted by molar-refractivity contribution is -0.133. The highest BCUT2D eigenvalue weighted by Gasteiger charge is 2.11. The molecular formula is C13H15NO4S. The molecule has 0 aliphatic heterocycles. The number of carbonyl (C=O) groups excluding carboxylic acids is 1. The fourth-order valence-corrected chi connectivity index (χ4v) is 2.27. The van der Waals surface area contributed by atoms with Crippen molar-refractivity contribution in [3.8, 4) is 11.8 Å². The van der Waals surface area contributed by atoms with Crippen molar-refractivity contribution in [3.05, 3.63) is 29.8 Å². The minimum Gasteiger partial charge on any atom is -0.459 e. The van der Waals surface area contributed by atoms with Crippen LogP contribution in [0.1, 0.15) is 12.0 Å². The third kappa shape index (κ3) is 5.12. The van der Waals surface area contributed by atoms with Crippen LogP contribution in [0.15, 0.2) is 29.2 Å². The molecule has 0 saturated heterocycles. The molecule has 0 atom stereocenters. The summed E-state index contributed by atoms with van der Waals surface area (Å²) in [6, 6.07) is 6.53. The first-order valence-electron chi connectivity index (χ1n) is 5.59. The van der Waals surface area contributed by atoms with Crippen LogP contribution < -0.4 is 4.72 Å². The van der Waals surface area contributed by atoms with Gasteiger partial charge in [-0.2, -0.15) is 0 Å². The van der Waals surface area contributed by atoms with Crippen LogP contribution in [-0.2, 0) is 19.6 Å². The largest absolute Gasteiger partial charge is 0.459 e. The Morgan fingerprint density at radius 1 is 1.32 bits per heavy atom. The molecule has 0 aliphatic carbocycles. The van der Waals surface area contributed by atoms with Crippen molar-refractivity contribution < 1.29 is 17.9 Å². The predicted octanol–water partition coefficient (Wildman–Crippen LogP) is 0.840. The van der Waals surface area contributed by atoms with E-state index >= 15 is 0 Å². The van der Waals surface area contributed by atoms with E-state index in [1.165, 1.54) is 19.2 Å². The van der Waals surface area contributed by atoms with Gasteiger partial charge in [0.2, 0.25) is 10.0 Å². The summed E-state index contributed by atoms with van der Waals surface area (Å²) in [5.41, 5.74) is 0.989. The van der Waals surface area contributed by atoms with Crippen molar-refractivity contribution in [2.24, 2.45) is 0 Å². The van der Waals surface area contributed by atoms with Gasteiger partial charge in [0, 0.05) is 18.9 Å². The summed E-state index contributed by atoms with van der Waals surface area (Å²) >= 11 is 0. The lowest BCUT2D eigenvalue weighted by Crippen LogP contribution is -2.24. The number of methoxy groups -OCH3 is 1. The number of ether oxygens (including phenoxy) is 1. The fraction of sp³-hybridized carbons (Fsp3) is 0.308. The van der Waals surface area contributed by atoms with Crippen LogP contribution in [0.2, 0.25) is 0 Å². The number of hydrogen-bond donors (Lipinski definition) is 1. The Morgan fingerprint density at radius 3 is 2.53 bits per heavy atom. The minimum atomic E-state index is -3.52. The number of esters is 1. The van der Waals surface area contributed by atoms with Gasteiger partial charge in [0.15, 0.2) is 0 Å². The lowest BCUT2D eigenvalue weighted by Gasteiger charge is -2.05. The molecular weight excluding hydrogens is 266 g/mol. The quantitative estimate of drug-likeness (QED) is 0.384. The molecule has 1 rings (SSSR count). The Morgan fingerprint density at radius 2 is 1.95 bits per heavy atom. The second kappa shape index (κ2) is 6.92. The SMILES string of the molecule is COC(=O)C#CCCNS(=O)(=O)c1ccc(C)cc1. The van der Waals surface area contributed by atoms with Crippen molar-refractivity contribution in [2.45, 2.75) is 18.2 Å². The summed E-state index contributed by atoms with van der Waals surface area (Å²) in [6.45, 7) is 2.02. The summed E-state index contributed by atoms with van der Waals surface area (Å²) in [6.07, 6.45) is 0.236. The van der Waals surface area contributed by atoms with E-state index < -0.39 is 16.0 Å². The van der Waals surface area contributed by atoms with Gasteiger partial charge in [0.05, 0.1) is 12.0 Å². The molecule has 0 unspecified atom stereocenters. The number of hydrogen-bond acceptors (Lipinski definition) is 4. The minimum absolute atomic E-state index is 0.139. The molecule has 0 radical (unpaired) electrons. The molecule has 0 heterocycles. The summed E-state index contributed by atoms with van der Waals surface area (Å²) < 4.78 is 30.4. The molecule has 0 saturated carbocycles. The van der Waals surface area contributed by atoms with Gasteiger partial charge < -0.3 is 4.74 Å². The van der Waals surface area contributed by atoms with Crippen LogP contribution in [-0.4, -0.2) is 28.0 Å². The first-order valence-corrected chi connectivity index (χ1v) is 7.07. The number of rotatable bonds is 4. The van der Waals surface area contributed by atoms with E-state index in [4.69, 9.17) is 0 Å². The summed E-state index contributed by atoms with van der Waals surface area (Å²) in [7, 11) is -2.28. The van der Waals surface area contributed by atoms with E-state index in [1.54, 1.807) is 12.1 Å². The average molecular weight is 281 g/mol. The zero-order valence-electron chi connectivity index (χ0n) is 10.8. The number of nitrogens with one attached hydrogen (secondary N) is 1. The van der Waals surface area contributed by atoms with Crippen LogP contribution in [0.4, 0.5) is 0 Å². The highest BCUT2D eigenvalue weighted by molar-refractivity contribution is 7.89. The molecule has 6 heteroatoms. The first-order chi connectivity index (χ1) is 8.95. The highest BCUT2D eigenvalue weighted by Crippen LogP contribution is 2.09. The normalized spacial score (nSPS) is 10.4. The van der Waals surface area contributed by atoms with Gasteiger partial charge in [-0.3, -0.25) is 0 Å². The summed E-state index contributed by atoms with van der Waals surface area (Å²) in [5, 5.41) is 0. The zero-order chi connectivity index (χ0) is 14.3. The van der Waals surface area contributed by atoms with Gasteiger partial charge in [-0.1, -0.05) is 23.6 Å². The average Bonchev–Trinajstić information content (AvgIpc) is 2.38. The van der Waals surface area contributed by atoms with Crippen molar-refractivity contribution in [1.82, 2.24) is 4.72 Å². The summed E-state index contributed by atoms with van der Waals surface area (Å²) in [5.74, 6) is 4.10. The standard InChI is InChI=1S/C13H15NO4S/c1-11-6-8-12(9-7-11)19(16,17)14-10-4-3-5-13(15)18-2/h6-9,14H,4,10H2,1-2H3. The number of aryl methyl sites for hydroxylation is 1. The van der Waals surface area contributed by atoms with Gasteiger partial charge in [0.1, 0.15) is 0 Å². The van der Waals surface area contributed by atoms with Crippen LogP contribution in [0, 0.1) is 18.8 Å². The van der Waals surface area contributed by atoms with Crippen LogP contribution in [0.5, 0.6) is 0 Å². The van der Waals surface area contributed by atoms with Crippen LogP contribution in [0.25, 0.3) is 0 Å². The Balaban J connectivity index is 2.54. The Kier molecular flexibility index (Phi) is 5.55. The lowest BCUT2D eigenvalue weighted by atomic mass is 10.2. The van der Waals surface area contributed by atoms with Crippen LogP contribution in [0.3, 0.4) is 0 Å². The van der Waals surface area contributed by atoms with Gasteiger partial charge in [0.25, 0.3) is 0 Å². The van der Waals surface area contributed by atoms with Gasteiger partial charge in [-0.25, -0.2) is 17.9 Å². The van der Waals surface area contributed by atoms with E-state index in [2.05, 4.69) is 21.3 Å². The molecule has 102 valence electrons. The maximum absolute atomic E-state index is 11.8. The second-order valence-electron chi connectivity index (χ2n) is 3.75. The predicted molar refractivity (Wildman–Crippen MR) is 70.8 cm³/mol. The Bertz CT molecular complexity index is 594. The molecule has 0 fully saturated rings. The Hall–Kier alpha value is -1.84. The topological polar surface area (TPSA) is 72.5 Å². The maximum atomic E-state index is 11.8. The van der Waals surface area contributed by atoms with E-state index in [1.807, 2.05) is 6.92 Å². The molecule has 0 bridgehead atoms. The van der Waals surface area contributed by atoms with Gasteiger partial charge in [-0.15, -0.1) is 0 Å². The van der Waals surface area contributed by atoms with E-state index in [9.17, 15) is 13.2 Å². The number of carbonyl (C=O) groups is 1. The molecule has 1 aromatic carbocycles. The van der Waals surface area contributed by atoms with Crippen molar-refractivity contribution in [3.63, 3.8) is 0 Å². The third-order valence-electron chi connectivity index (χ3n) is 2.25. The maximum Gasteiger partial charge on any atom is 0.384 e. The Labute approximate surface area is 113 Å². The molecule has 1 aromatic rings. The highest BCUT2D eigenvalue weighted by atomic mass is 32.2.